The molecule has 0 N–H and O–H groups in total. The van der Waals surface area contributed by atoms with E-state index in [1.54, 1.807) is 0 Å². The first-order chi connectivity index (χ1) is 8.79. The minimum absolute atomic E-state index is 0.0612. The smallest absolute Gasteiger partial charge is 0.307 e. The summed E-state index contributed by atoms with van der Waals surface area (Å²) in [5.74, 6) is -0.170. The monoisotopic (exact) mass is 263 g/mol. The largest absolute Gasteiger partial charge is 0.469 e. The summed E-state index contributed by atoms with van der Waals surface area (Å²) in [6.07, 6.45) is 0.383. The van der Waals surface area contributed by atoms with Gasteiger partial charge in [0.1, 0.15) is 0 Å². The summed E-state index contributed by atoms with van der Waals surface area (Å²) in [5.41, 5.74) is 6.34. The van der Waals surface area contributed by atoms with Crippen LogP contribution in [-0.4, -0.2) is 32.1 Å². The molecule has 0 amide bonds. The minimum atomic E-state index is -0.170. The van der Waals surface area contributed by atoms with Crippen LogP contribution in [0.1, 0.15) is 40.3 Å². The van der Waals surface area contributed by atoms with Gasteiger partial charge < -0.3 is 9.64 Å². The van der Waals surface area contributed by atoms with Crippen LogP contribution in [-0.2, 0) is 9.53 Å². The van der Waals surface area contributed by atoms with Gasteiger partial charge >= 0.3 is 5.97 Å². The van der Waals surface area contributed by atoms with Crippen molar-refractivity contribution in [2.45, 2.75) is 40.2 Å². The molecule has 3 heteroatoms. The van der Waals surface area contributed by atoms with E-state index >= 15 is 0 Å². The molecule has 1 unspecified atom stereocenters. The fraction of sp³-hybridized carbons (Fsp3) is 0.562. The lowest BCUT2D eigenvalue weighted by molar-refractivity contribution is -0.141. The van der Waals surface area contributed by atoms with Gasteiger partial charge in [0.25, 0.3) is 0 Å². The topological polar surface area (TPSA) is 29.5 Å². The molecule has 0 bridgehead atoms. The molecule has 0 saturated carbocycles. The Hall–Kier alpha value is -1.35. The Kier molecular flexibility index (Phi) is 5.12. The van der Waals surface area contributed by atoms with E-state index in [0.717, 1.165) is 0 Å². The summed E-state index contributed by atoms with van der Waals surface area (Å²) < 4.78 is 4.83. The predicted octanol–water partition coefficient (Wildman–Crippen LogP) is 3.09. The van der Waals surface area contributed by atoms with Gasteiger partial charge in [0, 0.05) is 6.04 Å². The lowest BCUT2D eigenvalue weighted by Gasteiger charge is -2.28. The maximum Gasteiger partial charge on any atom is 0.307 e. The third-order valence-corrected chi connectivity index (χ3v) is 3.97. The number of rotatable bonds is 4. The van der Waals surface area contributed by atoms with Crippen LogP contribution in [0.4, 0.5) is 0 Å². The molecule has 3 nitrogen and oxygen atoms in total. The molecule has 0 radical (unpaired) electrons. The highest BCUT2D eigenvalue weighted by Gasteiger charge is 2.23. The average Bonchev–Trinajstić information content (AvgIpc) is 2.34. The van der Waals surface area contributed by atoms with E-state index < -0.39 is 0 Å². The summed E-state index contributed by atoms with van der Waals surface area (Å²) in [5, 5.41) is 0. The summed E-state index contributed by atoms with van der Waals surface area (Å²) >= 11 is 0. The number of carbonyl (C=O) groups excluding carboxylic acids is 1. The van der Waals surface area contributed by atoms with Crippen LogP contribution in [0, 0.1) is 27.7 Å². The lowest BCUT2D eigenvalue weighted by Crippen LogP contribution is -2.25. The van der Waals surface area contributed by atoms with E-state index in [1.807, 2.05) is 14.1 Å². The molecule has 106 valence electrons. The van der Waals surface area contributed by atoms with Gasteiger partial charge in [-0.3, -0.25) is 4.79 Å². The molecule has 1 aromatic rings. The molecule has 1 aromatic carbocycles. The first-order valence-corrected chi connectivity index (χ1v) is 6.60. The molecule has 1 rings (SSSR count). The highest BCUT2D eigenvalue weighted by Crippen LogP contribution is 2.32. The first kappa shape index (κ1) is 15.7. The Morgan fingerprint density at radius 1 is 1.16 bits per heavy atom. The maximum atomic E-state index is 11.6. The minimum Gasteiger partial charge on any atom is -0.469 e. The quantitative estimate of drug-likeness (QED) is 0.782. The molecular weight excluding hydrogens is 238 g/mol. The zero-order chi connectivity index (χ0) is 14.7. The number of methoxy groups -OCH3 is 1. The Balaban J connectivity index is 3.34. The number of hydrogen-bond acceptors (Lipinski definition) is 3. The van der Waals surface area contributed by atoms with Crippen LogP contribution in [0.15, 0.2) is 6.07 Å². The number of hydrogen-bond donors (Lipinski definition) is 0. The van der Waals surface area contributed by atoms with Crippen LogP contribution in [0.3, 0.4) is 0 Å². The fourth-order valence-corrected chi connectivity index (χ4v) is 2.53. The standard InChI is InChI=1S/C16H25NO2/c1-10-8-11(2)13(4)16(12(10)3)14(17(5)6)9-15(18)19-7/h8,14H,9H2,1-7H3. The second kappa shape index (κ2) is 6.20. The van der Waals surface area contributed by atoms with Crippen molar-refractivity contribution < 1.29 is 9.53 Å². The molecule has 0 aliphatic carbocycles. The number of carbonyl (C=O) groups is 1. The molecule has 19 heavy (non-hydrogen) atoms. The Morgan fingerprint density at radius 3 is 2.00 bits per heavy atom. The van der Waals surface area contributed by atoms with Crippen molar-refractivity contribution in [3.8, 4) is 0 Å². The maximum absolute atomic E-state index is 11.6. The van der Waals surface area contributed by atoms with Gasteiger partial charge in [-0.05, 0) is 69.6 Å². The molecule has 0 aromatic heterocycles. The SMILES string of the molecule is COC(=O)CC(c1c(C)c(C)cc(C)c1C)N(C)C. The van der Waals surface area contributed by atoms with E-state index in [0.29, 0.717) is 6.42 Å². The number of ether oxygens (including phenoxy) is 1. The third kappa shape index (κ3) is 3.35. The summed E-state index contributed by atoms with van der Waals surface area (Å²) in [6, 6.07) is 2.27. The van der Waals surface area contributed by atoms with Gasteiger partial charge in [-0.25, -0.2) is 0 Å². The zero-order valence-electron chi connectivity index (χ0n) is 13.1. The van der Waals surface area contributed by atoms with E-state index in [9.17, 15) is 4.79 Å². The Bertz CT molecular complexity index is 452. The van der Waals surface area contributed by atoms with Crippen LogP contribution < -0.4 is 0 Å². The molecule has 0 aliphatic rings. The Labute approximate surface area is 116 Å². The second-order valence-electron chi connectivity index (χ2n) is 5.43. The van der Waals surface area contributed by atoms with Crippen molar-refractivity contribution >= 4 is 5.97 Å². The third-order valence-electron chi connectivity index (χ3n) is 3.97. The molecule has 0 heterocycles. The fourth-order valence-electron chi connectivity index (χ4n) is 2.53. The Morgan fingerprint density at radius 2 is 1.63 bits per heavy atom. The van der Waals surface area contributed by atoms with Crippen molar-refractivity contribution in [2.75, 3.05) is 21.2 Å². The van der Waals surface area contributed by atoms with E-state index in [1.165, 1.54) is 34.9 Å². The molecule has 1 atom stereocenters. The number of benzene rings is 1. The number of esters is 1. The lowest BCUT2D eigenvalue weighted by atomic mass is 9.88. The van der Waals surface area contributed by atoms with E-state index in [2.05, 4.69) is 38.7 Å². The first-order valence-electron chi connectivity index (χ1n) is 6.60. The van der Waals surface area contributed by atoms with Crippen LogP contribution in [0.5, 0.6) is 0 Å². The van der Waals surface area contributed by atoms with E-state index in [-0.39, 0.29) is 12.0 Å². The molecule has 0 fully saturated rings. The normalized spacial score (nSPS) is 12.6. The van der Waals surface area contributed by atoms with Gasteiger partial charge in [0.2, 0.25) is 0 Å². The van der Waals surface area contributed by atoms with Gasteiger partial charge in [0.05, 0.1) is 13.5 Å². The zero-order valence-corrected chi connectivity index (χ0v) is 13.1. The molecule has 0 aliphatic heterocycles. The summed E-state index contributed by atoms with van der Waals surface area (Å²) in [4.78, 5) is 13.7. The summed E-state index contributed by atoms with van der Waals surface area (Å²) in [6.45, 7) is 8.50. The van der Waals surface area contributed by atoms with Gasteiger partial charge in [-0.15, -0.1) is 0 Å². The van der Waals surface area contributed by atoms with Gasteiger partial charge in [-0.2, -0.15) is 0 Å². The van der Waals surface area contributed by atoms with Gasteiger partial charge in [-0.1, -0.05) is 6.07 Å². The van der Waals surface area contributed by atoms with Crippen molar-refractivity contribution in [3.63, 3.8) is 0 Å². The van der Waals surface area contributed by atoms with Crippen molar-refractivity contribution in [3.05, 3.63) is 33.9 Å². The number of aryl methyl sites for hydroxylation is 2. The van der Waals surface area contributed by atoms with Gasteiger partial charge in [0.15, 0.2) is 0 Å². The highest BCUT2D eigenvalue weighted by molar-refractivity contribution is 5.70. The average molecular weight is 263 g/mol. The number of nitrogens with zero attached hydrogens (tertiary/aromatic N) is 1. The van der Waals surface area contributed by atoms with Crippen molar-refractivity contribution in [1.82, 2.24) is 4.90 Å². The summed E-state index contributed by atoms with van der Waals surface area (Å²) in [7, 11) is 5.45. The predicted molar refractivity (Wildman–Crippen MR) is 78.5 cm³/mol. The molecular formula is C16H25NO2. The van der Waals surface area contributed by atoms with Crippen LogP contribution in [0.25, 0.3) is 0 Å². The highest BCUT2D eigenvalue weighted by atomic mass is 16.5. The second-order valence-corrected chi connectivity index (χ2v) is 5.43. The van der Waals surface area contributed by atoms with E-state index in [4.69, 9.17) is 4.74 Å². The molecule has 0 saturated heterocycles. The van der Waals surface area contributed by atoms with Crippen LogP contribution in [0.2, 0.25) is 0 Å². The van der Waals surface area contributed by atoms with Crippen LogP contribution >= 0.6 is 0 Å². The van der Waals surface area contributed by atoms with Crippen molar-refractivity contribution in [2.24, 2.45) is 0 Å². The van der Waals surface area contributed by atoms with Crippen molar-refractivity contribution in [1.29, 1.82) is 0 Å². The molecule has 0 spiro atoms.